The van der Waals surface area contributed by atoms with Crippen LogP contribution >= 0.6 is 0 Å². The maximum atomic E-state index is 9.21. The average Bonchev–Trinajstić information content (AvgIpc) is 2.58. The topological polar surface area (TPSA) is 54.2 Å². The Hall–Kier alpha value is -1.06. The lowest BCUT2D eigenvalue weighted by molar-refractivity contribution is -0.0369. The highest BCUT2D eigenvalue weighted by Crippen LogP contribution is 2.39. The van der Waals surface area contributed by atoms with Crippen molar-refractivity contribution in [3.05, 3.63) is 0 Å². The van der Waals surface area contributed by atoms with E-state index in [0.29, 0.717) is 41.4 Å². The van der Waals surface area contributed by atoms with E-state index < -0.39 is 0 Å². The molecule has 150 valence electrons. The predicted molar refractivity (Wildman–Crippen MR) is 109 cm³/mol. The maximum absolute atomic E-state index is 9.21. The van der Waals surface area contributed by atoms with Crippen molar-refractivity contribution in [2.45, 2.75) is 86.2 Å². The van der Waals surface area contributed by atoms with E-state index >= 15 is 0 Å². The molecule has 0 aromatic carbocycles. The standard InChI is InChI=1S/C22H40N2O2/c1-14(2)18-9-7-16(5)11-20(18)21(13-23-25)24-26-22-12-17(6)8-10-19(22)15(3)4/h13-20,22,25H,7-12H2,1-6H3. The molecule has 0 bridgehead atoms. The molecule has 0 radical (unpaired) electrons. The van der Waals surface area contributed by atoms with Crippen LogP contribution in [-0.4, -0.2) is 23.2 Å². The molecule has 2 fully saturated rings. The van der Waals surface area contributed by atoms with Crippen molar-refractivity contribution in [3.63, 3.8) is 0 Å². The average molecular weight is 365 g/mol. The van der Waals surface area contributed by atoms with Gasteiger partial charge in [-0.2, -0.15) is 0 Å². The minimum absolute atomic E-state index is 0.180. The number of hydrogen-bond donors (Lipinski definition) is 1. The van der Waals surface area contributed by atoms with Gasteiger partial charge in [-0.15, -0.1) is 0 Å². The fourth-order valence-corrected chi connectivity index (χ4v) is 5.15. The molecule has 26 heavy (non-hydrogen) atoms. The lowest BCUT2D eigenvalue weighted by atomic mass is 9.68. The largest absolute Gasteiger partial charge is 0.411 e. The molecule has 6 unspecified atom stereocenters. The second-order valence-corrected chi connectivity index (χ2v) is 9.66. The zero-order chi connectivity index (χ0) is 19.3. The lowest BCUT2D eigenvalue weighted by Gasteiger charge is -2.38. The number of hydrogen-bond acceptors (Lipinski definition) is 4. The minimum atomic E-state index is 0.180. The van der Waals surface area contributed by atoms with Crippen LogP contribution in [0.4, 0.5) is 0 Å². The Balaban J connectivity index is 2.18. The Kier molecular flexibility index (Phi) is 7.97. The quantitative estimate of drug-likeness (QED) is 0.357. The summed E-state index contributed by atoms with van der Waals surface area (Å²) in [4.78, 5) is 6.14. The van der Waals surface area contributed by atoms with Crippen LogP contribution in [0, 0.1) is 41.4 Å². The van der Waals surface area contributed by atoms with Crippen LogP contribution in [0.5, 0.6) is 0 Å². The number of oxime groups is 2. The Morgan fingerprint density at radius 1 is 0.923 bits per heavy atom. The number of nitrogens with zero attached hydrogens (tertiary/aromatic N) is 2. The van der Waals surface area contributed by atoms with Gasteiger partial charge in [0.15, 0.2) is 0 Å². The molecule has 0 aromatic heterocycles. The van der Waals surface area contributed by atoms with Crippen molar-refractivity contribution in [3.8, 4) is 0 Å². The fraction of sp³-hybridized carbons (Fsp3) is 0.909. The highest BCUT2D eigenvalue weighted by molar-refractivity contribution is 6.31. The molecule has 4 heteroatoms. The van der Waals surface area contributed by atoms with Crippen LogP contribution in [0.2, 0.25) is 0 Å². The van der Waals surface area contributed by atoms with E-state index in [9.17, 15) is 5.21 Å². The molecule has 6 atom stereocenters. The van der Waals surface area contributed by atoms with Crippen LogP contribution in [0.3, 0.4) is 0 Å². The van der Waals surface area contributed by atoms with Crippen LogP contribution in [0.25, 0.3) is 0 Å². The number of rotatable bonds is 6. The molecule has 2 rings (SSSR count). The summed E-state index contributed by atoms with van der Waals surface area (Å²) in [5.41, 5.74) is 0.832. The highest BCUT2D eigenvalue weighted by atomic mass is 16.6. The van der Waals surface area contributed by atoms with Gasteiger partial charge in [0, 0.05) is 11.8 Å². The molecule has 0 heterocycles. The van der Waals surface area contributed by atoms with Crippen LogP contribution in [0.15, 0.2) is 10.3 Å². The van der Waals surface area contributed by atoms with Gasteiger partial charge < -0.3 is 10.0 Å². The highest BCUT2D eigenvalue weighted by Gasteiger charge is 2.35. The van der Waals surface area contributed by atoms with Crippen molar-refractivity contribution in [2.75, 3.05) is 0 Å². The molecule has 4 nitrogen and oxygen atoms in total. The predicted octanol–water partition coefficient (Wildman–Crippen LogP) is 5.99. The van der Waals surface area contributed by atoms with Gasteiger partial charge in [0.2, 0.25) is 0 Å². The van der Waals surface area contributed by atoms with E-state index in [1.165, 1.54) is 31.9 Å². The van der Waals surface area contributed by atoms with Crippen molar-refractivity contribution < 1.29 is 10.0 Å². The van der Waals surface area contributed by atoms with Crippen LogP contribution < -0.4 is 0 Å². The first kappa shape index (κ1) is 21.2. The molecule has 2 aliphatic carbocycles. The van der Waals surface area contributed by atoms with Crippen molar-refractivity contribution in [1.82, 2.24) is 0 Å². The maximum Gasteiger partial charge on any atom is 0.130 e. The summed E-state index contributed by atoms with van der Waals surface area (Å²) in [6, 6.07) is 0. The first-order chi connectivity index (χ1) is 12.3. The van der Waals surface area contributed by atoms with Gasteiger partial charge in [-0.25, -0.2) is 0 Å². The van der Waals surface area contributed by atoms with Gasteiger partial charge in [-0.05, 0) is 55.3 Å². The summed E-state index contributed by atoms with van der Waals surface area (Å²) in [5.74, 6) is 4.06. The molecule has 0 aliphatic heterocycles. The molecule has 0 amide bonds. The second kappa shape index (κ2) is 9.75. The summed E-state index contributed by atoms with van der Waals surface area (Å²) in [6.45, 7) is 13.8. The zero-order valence-corrected chi connectivity index (χ0v) is 17.7. The van der Waals surface area contributed by atoms with Gasteiger partial charge in [0.05, 0.1) is 6.21 Å². The van der Waals surface area contributed by atoms with E-state index in [1.807, 2.05) is 0 Å². The Labute approximate surface area is 160 Å². The molecule has 2 aliphatic rings. The normalized spacial score (nSPS) is 36.8. The van der Waals surface area contributed by atoms with Gasteiger partial charge in [-0.1, -0.05) is 64.7 Å². The van der Waals surface area contributed by atoms with Gasteiger partial charge in [0.1, 0.15) is 11.8 Å². The lowest BCUT2D eigenvalue weighted by Crippen LogP contribution is -2.36. The summed E-state index contributed by atoms with van der Waals surface area (Å²) < 4.78 is 0. The van der Waals surface area contributed by atoms with Crippen LogP contribution in [0.1, 0.15) is 80.1 Å². The fourth-order valence-electron chi connectivity index (χ4n) is 5.15. The van der Waals surface area contributed by atoms with E-state index in [-0.39, 0.29) is 6.10 Å². The zero-order valence-electron chi connectivity index (χ0n) is 17.7. The first-order valence-electron chi connectivity index (χ1n) is 10.7. The summed E-state index contributed by atoms with van der Waals surface area (Å²) in [7, 11) is 0. The van der Waals surface area contributed by atoms with E-state index in [4.69, 9.17) is 4.84 Å². The van der Waals surface area contributed by atoms with Gasteiger partial charge in [0.25, 0.3) is 0 Å². The van der Waals surface area contributed by atoms with Gasteiger partial charge in [-0.3, -0.25) is 0 Å². The third kappa shape index (κ3) is 5.47. The monoisotopic (exact) mass is 364 g/mol. The van der Waals surface area contributed by atoms with E-state index in [1.54, 1.807) is 0 Å². The Bertz CT molecular complexity index is 487. The minimum Gasteiger partial charge on any atom is -0.411 e. The summed E-state index contributed by atoms with van der Waals surface area (Å²) in [6.07, 6.45) is 8.88. The molecule has 0 spiro atoms. The van der Waals surface area contributed by atoms with E-state index in [2.05, 4.69) is 51.9 Å². The Morgan fingerprint density at radius 2 is 1.50 bits per heavy atom. The molecule has 0 saturated heterocycles. The Morgan fingerprint density at radius 3 is 2.08 bits per heavy atom. The summed E-state index contributed by atoms with van der Waals surface area (Å²) >= 11 is 0. The third-order valence-corrected chi connectivity index (χ3v) is 6.85. The molecular weight excluding hydrogens is 324 g/mol. The molecule has 2 saturated carbocycles. The van der Waals surface area contributed by atoms with E-state index in [0.717, 1.165) is 18.6 Å². The smallest absolute Gasteiger partial charge is 0.130 e. The second-order valence-electron chi connectivity index (χ2n) is 9.66. The van der Waals surface area contributed by atoms with Crippen molar-refractivity contribution in [2.24, 2.45) is 51.7 Å². The molecular formula is C22H40N2O2. The van der Waals surface area contributed by atoms with Crippen molar-refractivity contribution in [1.29, 1.82) is 0 Å². The van der Waals surface area contributed by atoms with Crippen LogP contribution in [-0.2, 0) is 4.84 Å². The SMILES string of the molecule is CC1CCC(C(C)C)C(ON=C(C=NO)C2CC(C)CCC2C(C)C)C1. The molecule has 1 N–H and O–H groups in total. The van der Waals surface area contributed by atoms with Crippen molar-refractivity contribution >= 4 is 11.9 Å². The first-order valence-corrected chi connectivity index (χ1v) is 10.7. The third-order valence-electron chi connectivity index (χ3n) is 6.85. The summed E-state index contributed by atoms with van der Waals surface area (Å²) in [5, 5.41) is 17.1. The van der Waals surface area contributed by atoms with Gasteiger partial charge >= 0.3 is 0 Å². The molecule has 0 aromatic rings.